The quantitative estimate of drug-likeness (QED) is 0.472. The van der Waals surface area contributed by atoms with Crippen LogP contribution in [0.15, 0.2) is 11.4 Å². The first-order valence-electron chi connectivity index (χ1n) is 4.58. The summed E-state index contributed by atoms with van der Waals surface area (Å²) in [6.45, 7) is 6.63. The minimum atomic E-state index is -1.89. The van der Waals surface area contributed by atoms with Crippen LogP contribution in [0.25, 0.3) is 0 Å². The van der Waals surface area contributed by atoms with Gasteiger partial charge in [-0.05, 0) is 19.8 Å². The lowest BCUT2D eigenvalue weighted by molar-refractivity contribution is 0.324. The molecule has 72 valence electrons. The summed E-state index contributed by atoms with van der Waals surface area (Å²) in [6.07, 6.45) is 4.82. The van der Waals surface area contributed by atoms with E-state index in [9.17, 15) is 4.57 Å². The Balaban J connectivity index is 3.71. The van der Waals surface area contributed by atoms with Crippen molar-refractivity contribution in [2.45, 2.75) is 40.0 Å². The van der Waals surface area contributed by atoms with Gasteiger partial charge in [0.15, 0.2) is 0 Å². The van der Waals surface area contributed by atoms with Crippen molar-refractivity contribution in [3.63, 3.8) is 0 Å². The maximum Gasteiger partial charge on any atom is 0.216 e. The van der Waals surface area contributed by atoms with E-state index in [0.717, 1.165) is 24.6 Å². The van der Waals surface area contributed by atoms with E-state index in [0.29, 0.717) is 6.61 Å². The van der Waals surface area contributed by atoms with E-state index >= 15 is 0 Å². The van der Waals surface area contributed by atoms with E-state index in [2.05, 4.69) is 6.92 Å². The third kappa shape index (κ3) is 4.74. The van der Waals surface area contributed by atoms with Gasteiger partial charge in [-0.2, -0.15) is 0 Å². The van der Waals surface area contributed by atoms with Gasteiger partial charge in [0.05, 0.1) is 6.61 Å². The first kappa shape index (κ1) is 11.9. The van der Waals surface area contributed by atoms with Crippen molar-refractivity contribution >= 4 is 8.03 Å². The van der Waals surface area contributed by atoms with E-state index in [-0.39, 0.29) is 0 Å². The molecule has 0 aliphatic heterocycles. The van der Waals surface area contributed by atoms with Gasteiger partial charge in [0.1, 0.15) is 0 Å². The molecule has 0 saturated heterocycles. The number of unbranched alkanes of at least 4 members (excludes halogenated alkanes) is 1. The molecule has 0 saturated carbocycles. The zero-order valence-corrected chi connectivity index (χ0v) is 9.22. The van der Waals surface area contributed by atoms with Crippen molar-refractivity contribution in [1.82, 2.24) is 0 Å². The average molecular weight is 190 g/mol. The first-order chi connectivity index (χ1) is 5.76. The molecule has 0 aliphatic carbocycles. The molecule has 0 spiro atoms. The van der Waals surface area contributed by atoms with E-state index in [1.54, 1.807) is 0 Å². The summed E-state index contributed by atoms with van der Waals surface area (Å²) >= 11 is 0. The van der Waals surface area contributed by atoms with Crippen molar-refractivity contribution in [3.8, 4) is 0 Å². The second-order valence-corrected chi connectivity index (χ2v) is 4.16. The van der Waals surface area contributed by atoms with Gasteiger partial charge in [0.2, 0.25) is 8.03 Å². The molecular formula is C9H19O2P. The van der Waals surface area contributed by atoms with Crippen LogP contribution in [0.5, 0.6) is 0 Å². The second kappa shape index (κ2) is 7.57. The SMILES string of the molecule is CC=C(CC)[PH](=O)OCCCC. The van der Waals surface area contributed by atoms with Crippen LogP contribution in [0.1, 0.15) is 40.0 Å². The van der Waals surface area contributed by atoms with Crippen molar-refractivity contribution in [3.05, 3.63) is 11.4 Å². The normalized spacial score (nSPS) is 14.8. The van der Waals surface area contributed by atoms with Gasteiger partial charge in [0.25, 0.3) is 0 Å². The Morgan fingerprint density at radius 3 is 2.58 bits per heavy atom. The molecule has 0 aromatic rings. The highest BCUT2D eigenvalue weighted by Crippen LogP contribution is 2.35. The van der Waals surface area contributed by atoms with Crippen LogP contribution >= 0.6 is 8.03 Å². The minimum absolute atomic E-state index is 0.631. The fourth-order valence-corrected chi connectivity index (χ4v) is 1.91. The van der Waals surface area contributed by atoms with Crippen molar-refractivity contribution in [1.29, 1.82) is 0 Å². The lowest BCUT2D eigenvalue weighted by Gasteiger charge is -2.04. The zero-order valence-electron chi connectivity index (χ0n) is 8.22. The summed E-state index contributed by atoms with van der Waals surface area (Å²) in [4.78, 5) is 0. The minimum Gasteiger partial charge on any atom is -0.328 e. The number of allylic oxidation sites excluding steroid dienone is 2. The molecular weight excluding hydrogens is 171 g/mol. The number of rotatable bonds is 6. The van der Waals surface area contributed by atoms with Crippen LogP contribution in [0.3, 0.4) is 0 Å². The molecule has 0 bridgehead atoms. The van der Waals surface area contributed by atoms with Gasteiger partial charge in [-0.1, -0.05) is 26.3 Å². The molecule has 0 fully saturated rings. The summed E-state index contributed by atoms with van der Waals surface area (Å²) in [6, 6.07) is 0. The summed E-state index contributed by atoms with van der Waals surface area (Å²) in [7, 11) is -1.89. The Bertz CT molecular complexity index is 164. The molecule has 0 amide bonds. The third-order valence-electron chi connectivity index (χ3n) is 1.72. The first-order valence-corrected chi connectivity index (χ1v) is 5.90. The Kier molecular flexibility index (Phi) is 7.53. The number of hydrogen-bond acceptors (Lipinski definition) is 2. The summed E-state index contributed by atoms with van der Waals surface area (Å²) in [5, 5.41) is 0.955. The molecule has 0 N–H and O–H groups in total. The topological polar surface area (TPSA) is 26.3 Å². The maximum atomic E-state index is 11.4. The highest BCUT2D eigenvalue weighted by molar-refractivity contribution is 7.44. The van der Waals surface area contributed by atoms with Gasteiger partial charge >= 0.3 is 0 Å². The monoisotopic (exact) mass is 190 g/mol. The molecule has 0 aromatic heterocycles. The fourth-order valence-electron chi connectivity index (χ4n) is 0.868. The average Bonchev–Trinajstić information content (AvgIpc) is 2.07. The van der Waals surface area contributed by atoms with E-state index in [1.165, 1.54) is 0 Å². The molecule has 1 unspecified atom stereocenters. The Labute approximate surface area is 75.9 Å². The lowest BCUT2D eigenvalue weighted by Crippen LogP contribution is -1.86. The van der Waals surface area contributed by atoms with Gasteiger partial charge < -0.3 is 4.52 Å². The van der Waals surface area contributed by atoms with Crippen LogP contribution < -0.4 is 0 Å². The van der Waals surface area contributed by atoms with Crippen LogP contribution in [0.2, 0.25) is 0 Å². The Morgan fingerprint density at radius 1 is 1.50 bits per heavy atom. The zero-order chi connectivity index (χ0) is 9.40. The molecule has 12 heavy (non-hydrogen) atoms. The summed E-state index contributed by atoms with van der Waals surface area (Å²) in [5.41, 5.74) is 0. The summed E-state index contributed by atoms with van der Waals surface area (Å²) < 4.78 is 16.6. The largest absolute Gasteiger partial charge is 0.328 e. The third-order valence-corrected chi connectivity index (χ3v) is 3.36. The van der Waals surface area contributed by atoms with E-state index in [4.69, 9.17) is 4.52 Å². The fraction of sp³-hybridized carbons (Fsp3) is 0.778. The van der Waals surface area contributed by atoms with Gasteiger partial charge in [0, 0.05) is 5.31 Å². The van der Waals surface area contributed by atoms with Gasteiger partial charge in [-0.15, -0.1) is 0 Å². The second-order valence-electron chi connectivity index (χ2n) is 2.66. The standard InChI is InChI=1S/C9H19O2P/c1-4-7-8-11-12(10)9(5-2)6-3/h5,12H,4,6-8H2,1-3H3. The van der Waals surface area contributed by atoms with Crippen molar-refractivity contribution < 1.29 is 9.09 Å². The molecule has 0 rings (SSSR count). The maximum absolute atomic E-state index is 11.4. The Morgan fingerprint density at radius 2 is 2.17 bits per heavy atom. The molecule has 2 nitrogen and oxygen atoms in total. The molecule has 3 heteroatoms. The van der Waals surface area contributed by atoms with Crippen LogP contribution in [0, 0.1) is 0 Å². The molecule has 0 aromatic carbocycles. The van der Waals surface area contributed by atoms with Crippen LogP contribution in [-0.2, 0) is 9.09 Å². The smallest absolute Gasteiger partial charge is 0.216 e. The number of hydrogen-bond donors (Lipinski definition) is 0. The lowest BCUT2D eigenvalue weighted by atomic mass is 10.4. The molecule has 1 atom stereocenters. The predicted octanol–water partition coefficient (Wildman–Crippen LogP) is 3.59. The Hall–Kier alpha value is -0.0700. The van der Waals surface area contributed by atoms with Crippen LogP contribution in [0.4, 0.5) is 0 Å². The van der Waals surface area contributed by atoms with E-state index in [1.807, 2.05) is 19.9 Å². The van der Waals surface area contributed by atoms with Gasteiger partial charge in [-0.25, -0.2) is 0 Å². The highest BCUT2D eigenvalue weighted by atomic mass is 31.1. The van der Waals surface area contributed by atoms with Crippen molar-refractivity contribution in [2.75, 3.05) is 6.61 Å². The predicted molar refractivity (Wildman–Crippen MR) is 53.9 cm³/mol. The van der Waals surface area contributed by atoms with Crippen LogP contribution in [-0.4, -0.2) is 6.61 Å². The van der Waals surface area contributed by atoms with Crippen molar-refractivity contribution in [2.24, 2.45) is 0 Å². The molecule has 0 heterocycles. The molecule has 0 radical (unpaired) electrons. The van der Waals surface area contributed by atoms with E-state index < -0.39 is 8.03 Å². The molecule has 0 aliphatic rings. The van der Waals surface area contributed by atoms with Gasteiger partial charge in [-0.3, -0.25) is 4.57 Å². The summed E-state index contributed by atoms with van der Waals surface area (Å²) in [5.74, 6) is 0. The highest BCUT2D eigenvalue weighted by Gasteiger charge is 2.02.